The molecule has 1 atom stereocenters. The number of hydrogen-bond donors (Lipinski definition) is 3. The van der Waals surface area contributed by atoms with Crippen LogP contribution in [0.15, 0.2) is 72.4 Å². The van der Waals surface area contributed by atoms with Crippen molar-refractivity contribution in [2.75, 3.05) is 81.3 Å². The number of pyridine rings is 1. The van der Waals surface area contributed by atoms with Crippen molar-refractivity contribution >= 4 is 86.5 Å². The second kappa shape index (κ2) is 28.5. The quantitative estimate of drug-likeness (QED) is 0.0196. The van der Waals surface area contributed by atoms with E-state index < -0.39 is 5.91 Å². The van der Waals surface area contributed by atoms with Gasteiger partial charge in [0.05, 0.1) is 40.3 Å². The normalized spacial score (nSPS) is 13.4. The molecule has 0 radical (unpaired) electrons. The number of anilines is 4. The summed E-state index contributed by atoms with van der Waals surface area (Å²) in [7, 11) is 0. The van der Waals surface area contributed by atoms with Crippen LogP contribution in [0.2, 0.25) is 15.2 Å². The SMILES string of the molecule is CCCC(NC(=O)/C(C#N)=C/c1nc(Cl)ccc1Cl)c1ccc(OCCCOCCCCCCOCCCN2CCN(c3cc(Nc4ncc(C(=O)Nc5c(C)cccc5Cl)s4)nc(C)n3)CC2)cc1. The lowest BCUT2D eigenvalue weighted by molar-refractivity contribution is -0.117. The predicted octanol–water partition coefficient (Wildman–Crippen LogP) is 11.0. The van der Waals surface area contributed by atoms with Gasteiger partial charge in [-0.25, -0.2) is 19.9 Å². The van der Waals surface area contributed by atoms with Crippen LogP contribution < -0.4 is 25.6 Å². The molecule has 6 rings (SSSR count). The summed E-state index contributed by atoms with van der Waals surface area (Å²) < 4.78 is 17.7. The summed E-state index contributed by atoms with van der Waals surface area (Å²) in [5.74, 6) is 2.11. The molecule has 2 amide bonds. The molecule has 1 aliphatic heterocycles. The molecule has 0 saturated carbocycles. The number of rotatable bonds is 27. The molecule has 4 heterocycles. The van der Waals surface area contributed by atoms with E-state index in [0.717, 1.165) is 120 Å². The number of aryl methyl sites for hydroxylation is 2. The van der Waals surface area contributed by atoms with E-state index in [1.807, 2.05) is 69.3 Å². The van der Waals surface area contributed by atoms with Crippen molar-refractivity contribution < 1.29 is 23.8 Å². The summed E-state index contributed by atoms with van der Waals surface area (Å²) in [5, 5.41) is 20.4. The molecule has 372 valence electrons. The minimum absolute atomic E-state index is 0.113. The van der Waals surface area contributed by atoms with Gasteiger partial charge in [0.2, 0.25) is 0 Å². The van der Waals surface area contributed by atoms with Crippen LogP contribution in [0.3, 0.4) is 0 Å². The largest absolute Gasteiger partial charge is 0.494 e. The number of carbonyl (C=O) groups excluding carboxylic acids is 2. The van der Waals surface area contributed by atoms with Crippen molar-refractivity contribution in [1.29, 1.82) is 5.26 Å². The molecule has 15 nitrogen and oxygen atoms in total. The van der Waals surface area contributed by atoms with Gasteiger partial charge in [-0.3, -0.25) is 14.5 Å². The van der Waals surface area contributed by atoms with E-state index in [2.05, 4.69) is 40.7 Å². The highest BCUT2D eigenvalue weighted by Gasteiger charge is 2.21. The molecule has 1 aliphatic rings. The lowest BCUT2D eigenvalue weighted by atomic mass is 10.0. The lowest BCUT2D eigenvalue weighted by Crippen LogP contribution is -2.47. The minimum atomic E-state index is -0.513. The molecular weight excluding hydrogens is 971 g/mol. The number of nitrogens with zero attached hydrogens (tertiary/aromatic N) is 7. The molecule has 19 heteroatoms. The Morgan fingerprint density at radius 1 is 0.857 bits per heavy atom. The highest BCUT2D eigenvalue weighted by Crippen LogP contribution is 2.29. The zero-order valence-corrected chi connectivity index (χ0v) is 43.0. The first-order chi connectivity index (χ1) is 34.0. The predicted molar refractivity (Wildman–Crippen MR) is 280 cm³/mol. The van der Waals surface area contributed by atoms with Crippen LogP contribution >= 0.6 is 46.1 Å². The Kier molecular flexibility index (Phi) is 21.9. The third-order valence-electron chi connectivity index (χ3n) is 11.4. The lowest BCUT2D eigenvalue weighted by Gasteiger charge is -2.35. The zero-order chi connectivity index (χ0) is 49.7. The molecule has 0 bridgehead atoms. The van der Waals surface area contributed by atoms with Gasteiger partial charge in [-0.15, -0.1) is 0 Å². The van der Waals surface area contributed by atoms with Crippen LogP contribution in [0.5, 0.6) is 5.75 Å². The first-order valence-corrected chi connectivity index (χ1v) is 25.7. The van der Waals surface area contributed by atoms with E-state index in [1.54, 1.807) is 24.4 Å². The number of ether oxygens (including phenoxy) is 3. The van der Waals surface area contributed by atoms with E-state index in [1.165, 1.54) is 17.4 Å². The number of para-hydroxylation sites is 1. The minimum Gasteiger partial charge on any atom is -0.494 e. The summed E-state index contributed by atoms with van der Waals surface area (Å²) in [6, 6.07) is 19.8. The Morgan fingerprint density at radius 3 is 2.30 bits per heavy atom. The monoisotopic (exact) mass is 1030 g/mol. The molecule has 1 saturated heterocycles. The molecule has 5 aromatic rings. The first kappa shape index (κ1) is 54.0. The van der Waals surface area contributed by atoms with E-state index in [0.29, 0.717) is 57.0 Å². The third kappa shape index (κ3) is 17.2. The van der Waals surface area contributed by atoms with Crippen molar-refractivity contribution in [3.63, 3.8) is 0 Å². The smallest absolute Gasteiger partial charge is 0.267 e. The molecule has 0 aliphatic carbocycles. The fraction of sp³-hybridized carbons (Fsp3) is 0.431. The number of hydrogen-bond acceptors (Lipinski definition) is 14. The summed E-state index contributed by atoms with van der Waals surface area (Å²) in [5.41, 5.74) is 2.53. The second-order valence-corrected chi connectivity index (χ2v) is 19.0. The van der Waals surface area contributed by atoms with Crippen LogP contribution in [-0.2, 0) is 14.3 Å². The van der Waals surface area contributed by atoms with Crippen LogP contribution in [0, 0.1) is 25.2 Å². The van der Waals surface area contributed by atoms with Crippen LogP contribution in [0.25, 0.3) is 6.08 Å². The highest BCUT2D eigenvalue weighted by molar-refractivity contribution is 7.17. The van der Waals surface area contributed by atoms with Crippen molar-refractivity contribution in [2.24, 2.45) is 0 Å². The van der Waals surface area contributed by atoms with E-state index in [9.17, 15) is 14.9 Å². The topological polar surface area (TPSA) is 180 Å². The molecule has 0 spiro atoms. The number of benzene rings is 2. The molecule has 2 aromatic carbocycles. The van der Waals surface area contributed by atoms with Gasteiger partial charge in [-0.2, -0.15) is 5.26 Å². The molecular formula is C51H61Cl3N10O5S. The molecule has 3 aromatic heterocycles. The number of thiazole rings is 1. The van der Waals surface area contributed by atoms with Gasteiger partial charge in [0.1, 0.15) is 44.9 Å². The molecule has 3 N–H and O–H groups in total. The Balaban J connectivity index is 0.765. The maximum absolute atomic E-state index is 13.1. The Labute approximate surface area is 429 Å². The number of nitrogens with one attached hydrogen (secondary N) is 3. The number of amides is 2. The van der Waals surface area contributed by atoms with Gasteiger partial charge in [0, 0.05) is 71.6 Å². The summed E-state index contributed by atoms with van der Waals surface area (Å²) in [6.07, 6.45) is 10.5. The van der Waals surface area contributed by atoms with Crippen molar-refractivity contribution in [3.05, 3.63) is 115 Å². The summed E-state index contributed by atoms with van der Waals surface area (Å²) >= 11 is 19.7. The van der Waals surface area contributed by atoms with Crippen molar-refractivity contribution in [3.8, 4) is 11.8 Å². The highest BCUT2D eigenvalue weighted by atomic mass is 35.5. The van der Waals surface area contributed by atoms with E-state index in [-0.39, 0.29) is 28.4 Å². The van der Waals surface area contributed by atoms with Gasteiger partial charge >= 0.3 is 0 Å². The summed E-state index contributed by atoms with van der Waals surface area (Å²) in [6.45, 7) is 13.9. The van der Waals surface area contributed by atoms with Crippen molar-refractivity contribution in [2.45, 2.75) is 78.2 Å². The molecule has 1 fully saturated rings. The van der Waals surface area contributed by atoms with E-state index in [4.69, 9.17) is 54.0 Å². The van der Waals surface area contributed by atoms with Gasteiger partial charge < -0.3 is 35.1 Å². The first-order valence-electron chi connectivity index (χ1n) is 23.7. The van der Waals surface area contributed by atoms with Crippen LogP contribution in [-0.4, -0.2) is 102 Å². The number of carbonyl (C=O) groups is 2. The van der Waals surface area contributed by atoms with Gasteiger partial charge in [0.15, 0.2) is 5.13 Å². The Hall–Kier alpha value is -5.38. The zero-order valence-electron chi connectivity index (χ0n) is 39.9. The number of piperazine rings is 1. The maximum Gasteiger partial charge on any atom is 0.267 e. The molecule has 1 unspecified atom stereocenters. The average Bonchev–Trinajstić information content (AvgIpc) is 3.82. The molecule has 70 heavy (non-hydrogen) atoms. The number of nitriles is 1. The standard InChI is InChI=1S/C51H61Cl3N10O5S/c1-4-12-42(60-49(65)38(33-55)31-43-40(52)19-20-45(54)59-43)37-15-17-39(18-16-37)69-30-11-29-68-27-8-6-5-7-26-67-28-10-21-63-22-24-64(25-23-63)47-32-46(57-36(3)58-47)61-51-56-34-44(70-51)50(66)62-48-35(2)13-9-14-41(48)53/h9,13-20,31-32,34,42H,4-8,10-12,21-30H2,1-3H3,(H,60,65)(H,62,66)(H,56,57,58,61)/b38-31+. The average molecular weight is 1030 g/mol. The van der Waals surface area contributed by atoms with Crippen LogP contribution in [0.1, 0.15) is 96.6 Å². The van der Waals surface area contributed by atoms with Crippen molar-refractivity contribution in [1.82, 2.24) is 30.2 Å². The van der Waals surface area contributed by atoms with Crippen LogP contribution in [0.4, 0.5) is 22.5 Å². The number of aromatic nitrogens is 4. The fourth-order valence-corrected chi connectivity index (χ4v) is 8.96. The number of unbranched alkanes of at least 4 members (excludes halogenated alkanes) is 3. The van der Waals surface area contributed by atoms with E-state index >= 15 is 0 Å². The van der Waals surface area contributed by atoms with Gasteiger partial charge in [-0.05, 0) is 87.1 Å². The van der Waals surface area contributed by atoms with Gasteiger partial charge in [0.25, 0.3) is 11.8 Å². The second-order valence-electron chi connectivity index (χ2n) is 16.8. The fourth-order valence-electron chi connectivity index (χ4n) is 7.66. The Morgan fingerprint density at radius 2 is 1.59 bits per heavy atom. The number of halogens is 3. The third-order valence-corrected chi connectivity index (χ3v) is 13.1. The maximum atomic E-state index is 13.1. The summed E-state index contributed by atoms with van der Waals surface area (Å²) in [4.78, 5) is 49.0. The van der Waals surface area contributed by atoms with Gasteiger partial charge in [-0.1, -0.05) is 96.6 Å². The Bertz CT molecular complexity index is 2530.